The van der Waals surface area contributed by atoms with Crippen LogP contribution >= 0.6 is 15.9 Å². The fourth-order valence-electron chi connectivity index (χ4n) is 0.321. The van der Waals surface area contributed by atoms with E-state index in [1.165, 1.54) is 0 Å². The quantitative estimate of drug-likeness (QED) is 0.518. The summed E-state index contributed by atoms with van der Waals surface area (Å²) in [6.07, 6.45) is 1.77. The Balaban J connectivity index is 3.28. The number of esters is 1. The molecule has 0 fully saturated rings. The molecular formula is C7H9BrO2. The zero-order valence-electron chi connectivity index (χ0n) is 5.60. The largest absolute Gasteiger partial charge is 0.462 e. The van der Waals surface area contributed by atoms with Gasteiger partial charge in [-0.3, -0.25) is 0 Å². The first-order chi connectivity index (χ1) is 4.66. The van der Waals surface area contributed by atoms with Gasteiger partial charge >= 0.3 is 5.97 Å². The van der Waals surface area contributed by atoms with Crippen LogP contribution in [0.5, 0.6) is 0 Å². The minimum absolute atomic E-state index is 0.356. The van der Waals surface area contributed by atoms with Crippen LogP contribution < -0.4 is 0 Å². The second kappa shape index (κ2) is 5.23. The molecule has 0 aromatic carbocycles. The molecule has 0 bridgehead atoms. The second-order valence-electron chi connectivity index (χ2n) is 1.64. The molecule has 0 saturated heterocycles. The van der Waals surface area contributed by atoms with Crippen LogP contribution in [0.2, 0.25) is 0 Å². The number of rotatable bonds is 4. The Morgan fingerprint density at radius 2 is 2.30 bits per heavy atom. The van der Waals surface area contributed by atoms with E-state index >= 15 is 0 Å². The van der Waals surface area contributed by atoms with E-state index in [1.807, 2.05) is 0 Å². The summed E-state index contributed by atoms with van der Waals surface area (Å²) in [6.45, 7) is 7.18. The average Bonchev–Trinajstić information content (AvgIpc) is 1.87. The Kier molecular flexibility index (Phi) is 4.94. The average molecular weight is 205 g/mol. The van der Waals surface area contributed by atoms with Crippen molar-refractivity contribution in [2.45, 2.75) is 6.42 Å². The molecule has 0 radical (unpaired) electrons. The van der Waals surface area contributed by atoms with E-state index in [4.69, 9.17) is 0 Å². The first-order valence-electron chi connectivity index (χ1n) is 2.79. The molecule has 0 heterocycles. The smallest absolute Gasteiger partial charge is 0.330 e. The fourth-order valence-corrected chi connectivity index (χ4v) is 0.483. The molecule has 0 atom stereocenters. The molecule has 0 aliphatic rings. The number of halogens is 1. The van der Waals surface area contributed by atoms with Gasteiger partial charge in [0, 0.05) is 12.5 Å². The van der Waals surface area contributed by atoms with Crippen LogP contribution in [0.3, 0.4) is 0 Å². The third-order valence-corrected chi connectivity index (χ3v) is 1.18. The summed E-state index contributed by atoms with van der Waals surface area (Å²) < 4.78 is 5.48. The molecule has 56 valence electrons. The van der Waals surface area contributed by atoms with Gasteiger partial charge in [0.1, 0.15) is 0 Å². The highest BCUT2D eigenvalue weighted by atomic mass is 79.9. The van der Waals surface area contributed by atoms with Crippen LogP contribution in [-0.2, 0) is 9.53 Å². The monoisotopic (exact) mass is 204 g/mol. The van der Waals surface area contributed by atoms with Gasteiger partial charge in [-0.15, -0.1) is 0 Å². The third-order valence-electron chi connectivity index (χ3n) is 0.784. The van der Waals surface area contributed by atoms with Crippen LogP contribution in [0, 0.1) is 0 Å². The van der Waals surface area contributed by atoms with Gasteiger partial charge < -0.3 is 4.74 Å². The minimum atomic E-state index is -0.395. The standard InChI is InChI=1S/C7H9BrO2/c1-3-7(9)10-5-4-6(2)8/h3H,1-2,4-5H2. The lowest BCUT2D eigenvalue weighted by Gasteiger charge is -1.98. The lowest BCUT2D eigenvalue weighted by Crippen LogP contribution is -2.01. The fraction of sp³-hybridized carbons (Fsp3) is 0.286. The van der Waals surface area contributed by atoms with E-state index in [9.17, 15) is 4.79 Å². The maximum absolute atomic E-state index is 10.4. The molecule has 0 spiro atoms. The predicted molar refractivity (Wildman–Crippen MR) is 43.8 cm³/mol. The lowest BCUT2D eigenvalue weighted by molar-refractivity contribution is -0.137. The Bertz CT molecular complexity index is 152. The van der Waals surface area contributed by atoms with Crippen molar-refractivity contribution >= 4 is 21.9 Å². The van der Waals surface area contributed by atoms with Crippen LogP contribution in [-0.4, -0.2) is 12.6 Å². The van der Waals surface area contributed by atoms with Crippen LogP contribution in [0.25, 0.3) is 0 Å². The highest BCUT2D eigenvalue weighted by molar-refractivity contribution is 9.11. The van der Waals surface area contributed by atoms with Gasteiger partial charge in [0.25, 0.3) is 0 Å². The zero-order valence-corrected chi connectivity index (χ0v) is 7.19. The molecule has 0 aromatic rings. The Morgan fingerprint density at radius 1 is 1.70 bits per heavy atom. The number of hydrogen-bond acceptors (Lipinski definition) is 2. The normalized spacial score (nSPS) is 8.50. The van der Waals surface area contributed by atoms with E-state index in [0.29, 0.717) is 13.0 Å². The maximum atomic E-state index is 10.4. The number of ether oxygens (including phenoxy) is 1. The van der Waals surface area contributed by atoms with Gasteiger partial charge in [0.05, 0.1) is 6.61 Å². The maximum Gasteiger partial charge on any atom is 0.330 e. The molecule has 2 nitrogen and oxygen atoms in total. The van der Waals surface area contributed by atoms with E-state index in [1.54, 1.807) is 0 Å². The number of carbonyl (C=O) groups excluding carboxylic acids is 1. The topological polar surface area (TPSA) is 26.3 Å². The number of carbonyl (C=O) groups is 1. The van der Waals surface area contributed by atoms with Gasteiger partial charge in [0.15, 0.2) is 0 Å². The summed E-state index contributed by atoms with van der Waals surface area (Å²) in [6, 6.07) is 0. The highest BCUT2D eigenvalue weighted by Crippen LogP contribution is 2.05. The van der Waals surface area contributed by atoms with E-state index in [-0.39, 0.29) is 0 Å². The summed E-state index contributed by atoms with van der Waals surface area (Å²) >= 11 is 3.13. The zero-order chi connectivity index (χ0) is 7.98. The molecule has 10 heavy (non-hydrogen) atoms. The van der Waals surface area contributed by atoms with Crippen LogP contribution in [0.15, 0.2) is 23.7 Å². The predicted octanol–water partition coefficient (Wildman–Crippen LogP) is 2.01. The molecule has 0 aliphatic carbocycles. The summed E-state index contributed by atoms with van der Waals surface area (Å²) in [5.41, 5.74) is 0. The van der Waals surface area contributed by atoms with Gasteiger partial charge in [-0.1, -0.05) is 29.1 Å². The first-order valence-corrected chi connectivity index (χ1v) is 3.58. The van der Waals surface area contributed by atoms with Crippen LogP contribution in [0.1, 0.15) is 6.42 Å². The number of hydrogen-bond donors (Lipinski definition) is 0. The molecule has 3 heteroatoms. The van der Waals surface area contributed by atoms with Gasteiger partial charge in [-0.05, 0) is 4.48 Å². The van der Waals surface area contributed by atoms with Gasteiger partial charge in [-0.2, -0.15) is 0 Å². The molecule has 0 amide bonds. The van der Waals surface area contributed by atoms with E-state index in [0.717, 1.165) is 10.6 Å². The van der Waals surface area contributed by atoms with E-state index < -0.39 is 5.97 Å². The molecule has 0 aliphatic heterocycles. The van der Waals surface area contributed by atoms with Crippen molar-refractivity contribution in [3.8, 4) is 0 Å². The summed E-state index contributed by atoms with van der Waals surface area (Å²) in [5.74, 6) is -0.395. The molecule has 0 saturated carbocycles. The first kappa shape index (κ1) is 9.43. The summed E-state index contributed by atoms with van der Waals surface area (Å²) in [4.78, 5) is 10.4. The minimum Gasteiger partial charge on any atom is -0.462 e. The summed E-state index contributed by atoms with van der Waals surface area (Å²) in [7, 11) is 0. The Hall–Kier alpha value is -0.570. The van der Waals surface area contributed by atoms with Crippen molar-refractivity contribution < 1.29 is 9.53 Å². The SMILES string of the molecule is C=CC(=O)OCCC(=C)Br. The molecule has 0 N–H and O–H groups in total. The molecule has 0 aromatic heterocycles. The highest BCUT2D eigenvalue weighted by Gasteiger charge is 1.94. The van der Waals surface area contributed by atoms with Crippen molar-refractivity contribution in [2.24, 2.45) is 0 Å². The molecule has 0 rings (SSSR count). The van der Waals surface area contributed by atoms with Crippen molar-refractivity contribution in [1.82, 2.24) is 0 Å². The molecule has 0 unspecified atom stereocenters. The lowest BCUT2D eigenvalue weighted by atomic mass is 10.4. The Labute approximate surface area is 68.7 Å². The van der Waals surface area contributed by atoms with Crippen LogP contribution in [0.4, 0.5) is 0 Å². The van der Waals surface area contributed by atoms with Gasteiger partial charge in [0.2, 0.25) is 0 Å². The summed E-state index contributed by atoms with van der Waals surface area (Å²) in [5, 5.41) is 0. The second-order valence-corrected chi connectivity index (χ2v) is 2.76. The van der Waals surface area contributed by atoms with Gasteiger partial charge in [-0.25, -0.2) is 4.79 Å². The van der Waals surface area contributed by atoms with E-state index in [2.05, 4.69) is 33.8 Å². The molecular weight excluding hydrogens is 196 g/mol. The Morgan fingerprint density at radius 3 is 2.70 bits per heavy atom. The van der Waals surface area contributed by atoms with Crippen molar-refractivity contribution in [1.29, 1.82) is 0 Å². The van der Waals surface area contributed by atoms with Crippen molar-refractivity contribution in [3.05, 3.63) is 23.7 Å². The van der Waals surface area contributed by atoms with Crippen molar-refractivity contribution in [3.63, 3.8) is 0 Å². The van der Waals surface area contributed by atoms with Crippen molar-refractivity contribution in [2.75, 3.05) is 6.61 Å². The third kappa shape index (κ3) is 5.56.